The zero-order valence-corrected chi connectivity index (χ0v) is 16.4. The number of carbonyl (C=O) groups is 2. The maximum absolute atomic E-state index is 13.6. The molecule has 0 N–H and O–H groups in total. The Morgan fingerprint density at radius 1 is 1.33 bits per heavy atom. The molecule has 1 saturated heterocycles. The quantitative estimate of drug-likeness (QED) is 0.417. The Labute approximate surface area is 173 Å². The number of benzene rings is 2. The van der Waals surface area contributed by atoms with Crippen LogP contribution < -0.4 is 4.90 Å². The van der Waals surface area contributed by atoms with E-state index in [9.17, 15) is 24.1 Å². The molecule has 0 radical (unpaired) electrons. The van der Waals surface area contributed by atoms with Crippen LogP contribution in [0.3, 0.4) is 0 Å². The summed E-state index contributed by atoms with van der Waals surface area (Å²) < 4.78 is 13.6. The minimum absolute atomic E-state index is 0.0427. The van der Waals surface area contributed by atoms with E-state index >= 15 is 0 Å². The molecule has 1 aliphatic heterocycles. The molecule has 2 aromatic carbocycles. The highest BCUT2D eigenvalue weighted by atomic mass is 19.1. The second kappa shape index (κ2) is 8.74. The number of nitrogens with zero attached hydrogens (tertiary/aromatic N) is 3. The van der Waals surface area contributed by atoms with Crippen molar-refractivity contribution in [3.8, 4) is 12.3 Å². The Hall–Kier alpha value is -3.73. The lowest BCUT2D eigenvalue weighted by Gasteiger charge is -2.24. The molecule has 0 spiro atoms. The van der Waals surface area contributed by atoms with Crippen LogP contribution >= 0.6 is 0 Å². The van der Waals surface area contributed by atoms with Gasteiger partial charge in [0, 0.05) is 25.6 Å². The maximum Gasteiger partial charge on any atom is 0.306 e. The van der Waals surface area contributed by atoms with E-state index in [1.165, 1.54) is 15.9 Å². The first-order valence-corrected chi connectivity index (χ1v) is 9.32. The molecule has 1 heterocycles. The average molecular weight is 409 g/mol. The molecule has 3 rings (SSSR count). The molecule has 0 aliphatic carbocycles. The van der Waals surface area contributed by atoms with Gasteiger partial charge in [0.25, 0.3) is 0 Å². The van der Waals surface area contributed by atoms with Crippen LogP contribution in [0.4, 0.5) is 15.8 Å². The van der Waals surface area contributed by atoms with Crippen molar-refractivity contribution in [1.29, 1.82) is 0 Å². The third-order valence-electron chi connectivity index (χ3n) is 5.00. The van der Waals surface area contributed by atoms with Gasteiger partial charge in [-0.15, -0.1) is 6.42 Å². The number of aryl methyl sites for hydroxylation is 1. The van der Waals surface area contributed by atoms with Crippen LogP contribution in [0.25, 0.3) is 0 Å². The minimum Gasteiger partial charge on any atom is -0.327 e. The zero-order valence-electron chi connectivity index (χ0n) is 16.4. The maximum atomic E-state index is 13.6. The van der Waals surface area contributed by atoms with Gasteiger partial charge in [0.05, 0.1) is 23.1 Å². The lowest BCUT2D eigenvalue weighted by Crippen LogP contribution is -2.37. The summed E-state index contributed by atoms with van der Waals surface area (Å²) in [4.78, 5) is 38.4. The van der Waals surface area contributed by atoms with E-state index in [-0.39, 0.29) is 37.0 Å². The first kappa shape index (κ1) is 21.0. The van der Waals surface area contributed by atoms with Gasteiger partial charge in [-0.25, -0.2) is 0 Å². The Kier molecular flexibility index (Phi) is 6.11. The van der Waals surface area contributed by atoms with Crippen molar-refractivity contribution < 1.29 is 18.9 Å². The molecule has 7 nitrogen and oxygen atoms in total. The van der Waals surface area contributed by atoms with Gasteiger partial charge < -0.3 is 9.80 Å². The van der Waals surface area contributed by atoms with Gasteiger partial charge in [0.2, 0.25) is 17.6 Å². The van der Waals surface area contributed by atoms with Crippen LogP contribution in [0.5, 0.6) is 0 Å². The van der Waals surface area contributed by atoms with Gasteiger partial charge in [-0.1, -0.05) is 35.7 Å². The molecule has 1 unspecified atom stereocenters. The molecule has 1 atom stereocenters. The zero-order chi connectivity index (χ0) is 21.8. The predicted molar refractivity (Wildman–Crippen MR) is 109 cm³/mol. The molecule has 2 amide bonds. The number of halogens is 1. The molecular formula is C22H20FN3O4. The van der Waals surface area contributed by atoms with Gasteiger partial charge in [-0.3, -0.25) is 19.7 Å². The summed E-state index contributed by atoms with van der Waals surface area (Å²) in [6.45, 7) is 2.43. The van der Waals surface area contributed by atoms with E-state index < -0.39 is 22.3 Å². The highest BCUT2D eigenvalue weighted by Gasteiger charge is 2.37. The number of hydrogen-bond donors (Lipinski definition) is 0. The van der Waals surface area contributed by atoms with E-state index in [1.807, 2.05) is 31.2 Å². The smallest absolute Gasteiger partial charge is 0.306 e. The molecular weight excluding hydrogens is 389 g/mol. The average Bonchev–Trinajstić information content (AvgIpc) is 3.10. The van der Waals surface area contributed by atoms with Gasteiger partial charge >= 0.3 is 5.69 Å². The molecule has 1 aliphatic rings. The number of terminal acetylenes is 1. The van der Waals surface area contributed by atoms with E-state index in [4.69, 9.17) is 6.42 Å². The Morgan fingerprint density at radius 3 is 2.67 bits per heavy atom. The lowest BCUT2D eigenvalue weighted by atomic mass is 10.1. The summed E-state index contributed by atoms with van der Waals surface area (Å²) >= 11 is 0. The standard InChI is InChI=1S/C22H20FN3O4/c1-3-10-24(13-16-6-4-15(2)5-7-16)22(28)17-11-21(27)25(14-17)18-8-9-19(23)20(12-18)26(29)30/h1,4-9,12,17H,10-11,13-14H2,2H3. The van der Waals surface area contributed by atoms with Crippen LogP contribution in [0.1, 0.15) is 17.5 Å². The van der Waals surface area contributed by atoms with Crippen LogP contribution in [-0.2, 0) is 16.1 Å². The van der Waals surface area contributed by atoms with Crippen molar-refractivity contribution in [3.63, 3.8) is 0 Å². The fourth-order valence-corrected chi connectivity index (χ4v) is 3.43. The highest BCUT2D eigenvalue weighted by Crippen LogP contribution is 2.30. The second-order valence-corrected chi connectivity index (χ2v) is 7.18. The highest BCUT2D eigenvalue weighted by molar-refractivity contribution is 6.00. The Morgan fingerprint density at radius 2 is 2.03 bits per heavy atom. The largest absolute Gasteiger partial charge is 0.327 e. The third-order valence-corrected chi connectivity index (χ3v) is 5.00. The van der Waals surface area contributed by atoms with Gasteiger partial charge in [0.1, 0.15) is 0 Å². The first-order chi connectivity index (χ1) is 14.3. The monoisotopic (exact) mass is 409 g/mol. The van der Waals surface area contributed by atoms with Gasteiger partial charge in [-0.05, 0) is 24.6 Å². The molecule has 2 aromatic rings. The van der Waals surface area contributed by atoms with Crippen LogP contribution in [0, 0.1) is 41.1 Å². The molecule has 0 saturated carbocycles. The van der Waals surface area contributed by atoms with E-state index in [0.29, 0.717) is 6.54 Å². The van der Waals surface area contributed by atoms with Crippen molar-refractivity contribution in [2.24, 2.45) is 5.92 Å². The number of hydrogen-bond acceptors (Lipinski definition) is 4. The molecule has 0 aromatic heterocycles. The van der Waals surface area contributed by atoms with Crippen LogP contribution in [0.2, 0.25) is 0 Å². The summed E-state index contributed by atoms with van der Waals surface area (Å²) in [6, 6.07) is 10.9. The van der Waals surface area contributed by atoms with Crippen molar-refractivity contribution in [1.82, 2.24) is 4.90 Å². The number of amides is 2. The lowest BCUT2D eigenvalue weighted by molar-refractivity contribution is -0.387. The molecule has 154 valence electrons. The number of nitro benzene ring substituents is 1. The SMILES string of the molecule is C#CCN(Cc1ccc(C)cc1)C(=O)C1CC(=O)N(c2ccc(F)c([N+](=O)[O-])c2)C1. The summed E-state index contributed by atoms with van der Waals surface area (Å²) in [5.74, 6) is 0.231. The summed E-state index contributed by atoms with van der Waals surface area (Å²) in [6.07, 6.45) is 5.39. The number of nitro groups is 1. The Balaban J connectivity index is 1.77. The second-order valence-electron chi connectivity index (χ2n) is 7.18. The van der Waals surface area contributed by atoms with Gasteiger partial charge in [-0.2, -0.15) is 4.39 Å². The van der Waals surface area contributed by atoms with Crippen molar-refractivity contribution >= 4 is 23.2 Å². The molecule has 30 heavy (non-hydrogen) atoms. The van der Waals surface area contributed by atoms with E-state index in [2.05, 4.69) is 5.92 Å². The third kappa shape index (κ3) is 4.46. The fourth-order valence-electron chi connectivity index (χ4n) is 3.43. The van der Waals surface area contributed by atoms with Crippen LogP contribution in [0.15, 0.2) is 42.5 Å². The minimum atomic E-state index is -0.985. The fraction of sp³-hybridized carbons (Fsp3) is 0.273. The molecule has 8 heteroatoms. The molecule has 1 fully saturated rings. The molecule has 0 bridgehead atoms. The van der Waals surface area contributed by atoms with Crippen molar-refractivity contribution in [2.45, 2.75) is 19.9 Å². The normalized spacial score (nSPS) is 15.7. The van der Waals surface area contributed by atoms with Crippen molar-refractivity contribution in [2.75, 3.05) is 18.0 Å². The topological polar surface area (TPSA) is 83.8 Å². The number of rotatable bonds is 6. The summed E-state index contributed by atoms with van der Waals surface area (Å²) in [7, 11) is 0. The Bertz CT molecular complexity index is 1030. The summed E-state index contributed by atoms with van der Waals surface area (Å²) in [5.41, 5.74) is 1.48. The van der Waals surface area contributed by atoms with Crippen LogP contribution in [-0.4, -0.2) is 34.7 Å². The van der Waals surface area contributed by atoms with E-state index in [1.54, 1.807) is 0 Å². The number of carbonyl (C=O) groups excluding carboxylic acids is 2. The van der Waals surface area contributed by atoms with E-state index in [0.717, 1.165) is 23.3 Å². The predicted octanol–water partition coefficient (Wildman–Crippen LogP) is 3.06. The summed E-state index contributed by atoms with van der Waals surface area (Å²) in [5, 5.41) is 11.0. The van der Waals surface area contributed by atoms with Crippen molar-refractivity contribution in [3.05, 3.63) is 69.5 Å². The number of anilines is 1. The van der Waals surface area contributed by atoms with Gasteiger partial charge in [0.15, 0.2) is 0 Å². The first-order valence-electron chi connectivity index (χ1n) is 9.32.